The molecule has 4 rings (SSSR count). The van der Waals surface area contributed by atoms with Gasteiger partial charge in [-0.15, -0.1) is 0 Å². The second kappa shape index (κ2) is 6.43. The maximum Gasteiger partial charge on any atom is 0.317 e. The Morgan fingerprint density at radius 2 is 1.84 bits per heavy atom. The summed E-state index contributed by atoms with van der Waals surface area (Å²) in [4.78, 5) is 29.0. The summed E-state index contributed by atoms with van der Waals surface area (Å²) in [5, 5.41) is 3.90. The van der Waals surface area contributed by atoms with Crippen LogP contribution in [0.5, 0.6) is 0 Å². The van der Waals surface area contributed by atoms with Crippen molar-refractivity contribution in [3.63, 3.8) is 0 Å². The van der Waals surface area contributed by atoms with Gasteiger partial charge in [-0.05, 0) is 29.2 Å². The zero-order chi connectivity index (χ0) is 17.2. The summed E-state index contributed by atoms with van der Waals surface area (Å²) in [5.41, 5.74) is 3.96. The number of benzene rings is 2. The summed E-state index contributed by atoms with van der Waals surface area (Å²) in [6, 6.07) is 17.3. The number of pyridine rings is 1. The normalized spacial score (nSPS) is 13.5. The molecule has 0 radical (unpaired) electrons. The van der Waals surface area contributed by atoms with E-state index in [0.29, 0.717) is 19.6 Å². The molecule has 0 aliphatic carbocycles. The third kappa shape index (κ3) is 3.13. The summed E-state index contributed by atoms with van der Waals surface area (Å²) in [6.07, 6.45) is 0.873. The topological polar surface area (TPSA) is 65.2 Å². The molecule has 5 heteroatoms. The smallest absolute Gasteiger partial charge is 0.317 e. The number of nitrogens with one attached hydrogen (secondary N) is 2. The van der Waals surface area contributed by atoms with Gasteiger partial charge in [-0.2, -0.15) is 0 Å². The average molecular weight is 333 g/mol. The fourth-order valence-corrected chi connectivity index (χ4v) is 3.37. The standard InChI is InChI=1S/C20H19N3O2/c24-19-11-16(17-7-3-4-8-18(17)22-19)12-21-20(25)23-10-9-14-5-1-2-6-15(14)13-23/h1-8,11H,9-10,12-13H2,(H,21,25)(H,22,24). The number of nitrogens with zero attached hydrogens (tertiary/aromatic N) is 1. The average Bonchev–Trinajstić information content (AvgIpc) is 2.65. The van der Waals surface area contributed by atoms with E-state index in [0.717, 1.165) is 22.9 Å². The van der Waals surface area contributed by atoms with Crippen molar-refractivity contribution in [3.05, 3.63) is 81.6 Å². The van der Waals surface area contributed by atoms with Gasteiger partial charge in [0.25, 0.3) is 0 Å². The molecule has 0 fully saturated rings. The lowest BCUT2D eigenvalue weighted by Crippen LogP contribution is -2.42. The molecule has 1 aliphatic rings. The van der Waals surface area contributed by atoms with Crippen molar-refractivity contribution in [3.8, 4) is 0 Å². The maximum atomic E-state index is 12.5. The molecule has 0 spiro atoms. The third-order valence-corrected chi connectivity index (χ3v) is 4.68. The van der Waals surface area contributed by atoms with Crippen molar-refractivity contribution in [1.29, 1.82) is 0 Å². The number of para-hydroxylation sites is 1. The number of carbonyl (C=O) groups excluding carboxylic acids is 1. The van der Waals surface area contributed by atoms with Gasteiger partial charge in [0.15, 0.2) is 0 Å². The molecule has 2 aromatic carbocycles. The summed E-state index contributed by atoms with van der Waals surface area (Å²) in [6.45, 7) is 1.67. The SMILES string of the molecule is O=C(NCc1cc(=O)[nH]c2ccccc12)N1CCc2ccccc2C1. The second-order valence-corrected chi connectivity index (χ2v) is 6.30. The van der Waals surface area contributed by atoms with Crippen LogP contribution in [0.25, 0.3) is 10.9 Å². The highest BCUT2D eigenvalue weighted by atomic mass is 16.2. The van der Waals surface area contributed by atoms with E-state index in [1.807, 2.05) is 41.3 Å². The number of carbonyl (C=O) groups is 1. The number of H-pyrrole nitrogens is 1. The molecule has 0 atom stereocenters. The molecule has 2 amide bonds. The number of urea groups is 1. The molecule has 126 valence electrons. The predicted octanol–water partition coefficient (Wildman–Crippen LogP) is 2.80. The Kier molecular flexibility index (Phi) is 3.98. The third-order valence-electron chi connectivity index (χ3n) is 4.68. The summed E-state index contributed by atoms with van der Waals surface area (Å²) in [7, 11) is 0. The number of rotatable bonds is 2. The molecule has 0 saturated heterocycles. The van der Waals surface area contributed by atoms with Crippen LogP contribution >= 0.6 is 0 Å². The van der Waals surface area contributed by atoms with Crippen molar-refractivity contribution < 1.29 is 4.79 Å². The quantitative estimate of drug-likeness (QED) is 0.757. The van der Waals surface area contributed by atoms with Crippen molar-refractivity contribution in [1.82, 2.24) is 15.2 Å². The first-order chi connectivity index (χ1) is 12.2. The van der Waals surface area contributed by atoms with Crippen LogP contribution in [0.1, 0.15) is 16.7 Å². The van der Waals surface area contributed by atoms with E-state index >= 15 is 0 Å². The maximum absolute atomic E-state index is 12.5. The van der Waals surface area contributed by atoms with Gasteiger partial charge in [0.2, 0.25) is 5.56 Å². The summed E-state index contributed by atoms with van der Waals surface area (Å²) >= 11 is 0. The first-order valence-corrected chi connectivity index (χ1v) is 8.41. The van der Waals surface area contributed by atoms with Gasteiger partial charge in [0.1, 0.15) is 0 Å². The molecule has 5 nitrogen and oxygen atoms in total. The van der Waals surface area contributed by atoms with Crippen molar-refractivity contribution in [2.45, 2.75) is 19.5 Å². The summed E-state index contributed by atoms with van der Waals surface area (Å²) < 4.78 is 0. The lowest BCUT2D eigenvalue weighted by Gasteiger charge is -2.29. The molecule has 0 saturated carbocycles. The van der Waals surface area contributed by atoms with E-state index in [1.54, 1.807) is 6.07 Å². The van der Waals surface area contributed by atoms with E-state index in [4.69, 9.17) is 0 Å². The molecule has 3 aromatic rings. The van der Waals surface area contributed by atoms with Crippen LogP contribution in [0.4, 0.5) is 4.79 Å². The predicted molar refractivity (Wildman–Crippen MR) is 97.4 cm³/mol. The lowest BCUT2D eigenvalue weighted by atomic mass is 10.0. The largest absolute Gasteiger partial charge is 0.334 e. The minimum atomic E-state index is -0.158. The molecule has 0 bridgehead atoms. The number of aromatic nitrogens is 1. The fraction of sp³-hybridized carbons (Fsp3) is 0.200. The first kappa shape index (κ1) is 15.4. The van der Waals surface area contributed by atoms with Crippen LogP contribution < -0.4 is 10.9 Å². The Bertz CT molecular complexity index is 993. The van der Waals surface area contributed by atoms with E-state index in [9.17, 15) is 9.59 Å². The van der Waals surface area contributed by atoms with Crippen molar-refractivity contribution in [2.24, 2.45) is 0 Å². The molecule has 2 heterocycles. The van der Waals surface area contributed by atoms with Gasteiger partial charge in [-0.3, -0.25) is 4.79 Å². The number of hydrogen-bond acceptors (Lipinski definition) is 2. The first-order valence-electron chi connectivity index (χ1n) is 8.41. The summed E-state index contributed by atoms with van der Waals surface area (Å²) in [5.74, 6) is 0. The highest BCUT2D eigenvalue weighted by Crippen LogP contribution is 2.19. The molecule has 25 heavy (non-hydrogen) atoms. The Morgan fingerprint density at radius 1 is 1.08 bits per heavy atom. The van der Waals surface area contributed by atoms with Gasteiger partial charge in [-0.25, -0.2) is 4.79 Å². The van der Waals surface area contributed by atoms with Gasteiger partial charge in [0.05, 0.1) is 0 Å². The Hall–Kier alpha value is -3.08. The highest BCUT2D eigenvalue weighted by molar-refractivity contribution is 5.82. The molecule has 1 aromatic heterocycles. The number of amides is 2. The van der Waals surface area contributed by atoms with Crippen LogP contribution in [0, 0.1) is 0 Å². The van der Waals surface area contributed by atoms with Crippen LogP contribution in [-0.2, 0) is 19.5 Å². The minimum Gasteiger partial charge on any atom is -0.334 e. The van der Waals surface area contributed by atoms with Crippen molar-refractivity contribution >= 4 is 16.9 Å². The second-order valence-electron chi connectivity index (χ2n) is 6.30. The van der Waals surface area contributed by atoms with E-state index in [1.165, 1.54) is 11.1 Å². The van der Waals surface area contributed by atoms with E-state index in [-0.39, 0.29) is 11.6 Å². The van der Waals surface area contributed by atoms with Crippen LogP contribution in [0.2, 0.25) is 0 Å². The Morgan fingerprint density at radius 3 is 2.72 bits per heavy atom. The zero-order valence-corrected chi connectivity index (χ0v) is 13.8. The molecule has 2 N–H and O–H groups in total. The van der Waals surface area contributed by atoms with Gasteiger partial charge >= 0.3 is 6.03 Å². The van der Waals surface area contributed by atoms with Crippen LogP contribution in [0.3, 0.4) is 0 Å². The van der Waals surface area contributed by atoms with E-state index in [2.05, 4.69) is 22.4 Å². The van der Waals surface area contributed by atoms with Gasteiger partial charge in [-0.1, -0.05) is 42.5 Å². The Labute approximate surface area is 145 Å². The molecular formula is C20H19N3O2. The highest BCUT2D eigenvalue weighted by Gasteiger charge is 2.20. The van der Waals surface area contributed by atoms with Crippen molar-refractivity contribution in [2.75, 3.05) is 6.54 Å². The lowest BCUT2D eigenvalue weighted by molar-refractivity contribution is 0.192. The number of fused-ring (bicyclic) bond motifs is 2. The molecule has 1 aliphatic heterocycles. The number of hydrogen-bond donors (Lipinski definition) is 2. The molecule has 0 unspecified atom stereocenters. The molecular weight excluding hydrogens is 314 g/mol. The van der Waals surface area contributed by atoms with Gasteiger partial charge < -0.3 is 15.2 Å². The van der Waals surface area contributed by atoms with Crippen LogP contribution in [0.15, 0.2) is 59.4 Å². The minimum absolute atomic E-state index is 0.0983. The van der Waals surface area contributed by atoms with E-state index < -0.39 is 0 Å². The zero-order valence-electron chi connectivity index (χ0n) is 13.8. The van der Waals surface area contributed by atoms with Crippen LogP contribution in [-0.4, -0.2) is 22.5 Å². The Balaban J connectivity index is 1.49. The monoisotopic (exact) mass is 333 g/mol. The van der Waals surface area contributed by atoms with Gasteiger partial charge in [0, 0.05) is 36.6 Å². The number of aromatic amines is 1. The fourth-order valence-electron chi connectivity index (χ4n) is 3.37.